The molecule has 1 amide bonds. The number of hydrogen-bond acceptors (Lipinski definition) is 4. The maximum atomic E-state index is 13.0. The van der Waals surface area contributed by atoms with Crippen LogP contribution in [0.5, 0.6) is 5.75 Å². The minimum atomic E-state index is -3.85. The number of nitrogens with one attached hydrogen (secondary N) is 2. The van der Waals surface area contributed by atoms with Gasteiger partial charge in [0.15, 0.2) is 6.10 Å². The fraction of sp³-hybridized carbons (Fsp3) is 0.174. The van der Waals surface area contributed by atoms with Gasteiger partial charge in [0.25, 0.3) is 15.9 Å². The van der Waals surface area contributed by atoms with Crippen molar-refractivity contribution in [1.82, 2.24) is 0 Å². The summed E-state index contributed by atoms with van der Waals surface area (Å²) < 4.78 is 46.2. The molecule has 0 spiro atoms. The summed E-state index contributed by atoms with van der Waals surface area (Å²) in [5.41, 5.74) is 1.62. The van der Waals surface area contributed by atoms with Crippen molar-refractivity contribution in [3.8, 4) is 5.75 Å². The summed E-state index contributed by atoms with van der Waals surface area (Å²) in [5.74, 6) is -0.150. The molecule has 0 heterocycles. The van der Waals surface area contributed by atoms with Crippen LogP contribution in [-0.2, 0) is 14.8 Å². The molecule has 0 bridgehead atoms. The molecule has 3 aromatic rings. The first-order chi connectivity index (χ1) is 14.8. The van der Waals surface area contributed by atoms with E-state index in [1.807, 2.05) is 32.0 Å². The molecule has 3 aromatic carbocycles. The van der Waals surface area contributed by atoms with E-state index < -0.39 is 21.9 Å². The molecule has 0 saturated heterocycles. The van der Waals surface area contributed by atoms with Gasteiger partial charge in [-0.2, -0.15) is 0 Å². The van der Waals surface area contributed by atoms with Crippen molar-refractivity contribution in [3.05, 3.63) is 84.2 Å². The molecule has 8 heteroatoms. The molecule has 0 aliphatic carbocycles. The lowest BCUT2D eigenvalue weighted by Gasteiger charge is -2.18. The Morgan fingerprint density at radius 2 is 1.58 bits per heavy atom. The molecule has 2 N–H and O–H groups in total. The zero-order valence-corrected chi connectivity index (χ0v) is 17.9. The van der Waals surface area contributed by atoms with Gasteiger partial charge in [0.05, 0.1) is 4.90 Å². The van der Waals surface area contributed by atoms with Gasteiger partial charge in [-0.25, -0.2) is 12.8 Å². The molecule has 3 rings (SSSR count). The number of benzene rings is 3. The Hall–Kier alpha value is -3.39. The van der Waals surface area contributed by atoms with Crippen molar-refractivity contribution in [3.63, 3.8) is 0 Å². The highest BCUT2D eigenvalue weighted by molar-refractivity contribution is 7.92. The highest BCUT2D eigenvalue weighted by atomic mass is 32.2. The van der Waals surface area contributed by atoms with Gasteiger partial charge in [-0.3, -0.25) is 9.52 Å². The maximum Gasteiger partial charge on any atom is 0.265 e. The third kappa shape index (κ3) is 5.82. The maximum absolute atomic E-state index is 13.0. The van der Waals surface area contributed by atoms with Crippen LogP contribution in [0.2, 0.25) is 0 Å². The Labute approximate surface area is 181 Å². The first kappa shape index (κ1) is 22.3. The van der Waals surface area contributed by atoms with Gasteiger partial charge < -0.3 is 10.1 Å². The number of amides is 1. The third-order valence-corrected chi connectivity index (χ3v) is 5.95. The Bertz CT molecular complexity index is 1150. The second-order valence-corrected chi connectivity index (χ2v) is 8.59. The molecule has 0 aliphatic heterocycles. The van der Waals surface area contributed by atoms with E-state index in [0.717, 1.165) is 5.56 Å². The predicted molar refractivity (Wildman–Crippen MR) is 118 cm³/mol. The topological polar surface area (TPSA) is 84.5 Å². The summed E-state index contributed by atoms with van der Waals surface area (Å²) in [6, 6.07) is 18.2. The number of ether oxygens (including phenoxy) is 1. The number of halogens is 1. The van der Waals surface area contributed by atoms with Crippen molar-refractivity contribution in [2.75, 3.05) is 10.0 Å². The lowest BCUT2D eigenvalue weighted by atomic mass is 10.2. The number of rotatable bonds is 8. The van der Waals surface area contributed by atoms with Gasteiger partial charge in [-0.05, 0) is 73.5 Å². The number of carbonyl (C=O) groups is 1. The van der Waals surface area contributed by atoms with Gasteiger partial charge >= 0.3 is 0 Å². The lowest BCUT2D eigenvalue weighted by Crippen LogP contribution is -2.32. The summed E-state index contributed by atoms with van der Waals surface area (Å²) in [5, 5.41) is 2.75. The van der Waals surface area contributed by atoms with Crippen LogP contribution in [-0.4, -0.2) is 20.4 Å². The van der Waals surface area contributed by atoms with E-state index in [2.05, 4.69) is 10.0 Å². The molecular weight excluding hydrogens is 419 g/mol. The highest BCUT2D eigenvalue weighted by Gasteiger charge is 2.20. The fourth-order valence-electron chi connectivity index (χ4n) is 2.84. The van der Waals surface area contributed by atoms with Crippen LogP contribution >= 0.6 is 0 Å². The van der Waals surface area contributed by atoms with Gasteiger partial charge in [0.2, 0.25) is 0 Å². The Morgan fingerprint density at radius 3 is 2.19 bits per heavy atom. The molecule has 1 atom stereocenters. The minimum Gasteiger partial charge on any atom is -0.480 e. The van der Waals surface area contributed by atoms with E-state index >= 15 is 0 Å². The van der Waals surface area contributed by atoms with E-state index in [0.29, 0.717) is 17.9 Å². The summed E-state index contributed by atoms with van der Waals surface area (Å²) in [6.45, 7) is 3.75. The molecular formula is C23H23FN2O4S. The van der Waals surface area contributed by atoms with Gasteiger partial charge in [0, 0.05) is 11.4 Å². The molecule has 6 nitrogen and oxygen atoms in total. The average Bonchev–Trinajstić information content (AvgIpc) is 2.75. The van der Waals surface area contributed by atoms with E-state index in [1.165, 1.54) is 48.5 Å². The number of para-hydroxylation sites is 1. The largest absolute Gasteiger partial charge is 0.480 e. The van der Waals surface area contributed by atoms with Crippen molar-refractivity contribution in [2.24, 2.45) is 0 Å². The van der Waals surface area contributed by atoms with Crippen LogP contribution in [0.15, 0.2) is 77.7 Å². The highest BCUT2D eigenvalue weighted by Crippen LogP contribution is 2.21. The van der Waals surface area contributed by atoms with Crippen molar-refractivity contribution < 1.29 is 22.3 Å². The molecule has 0 radical (unpaired) electrons. The van der Waals surface area contributed by atoms with E-state index in [1.54, 1.807) is 6.07 Å². The average molecular weight is 443 g/mol. The van der Waals surface area contributed by atoms with E-state index in [4.69, 9.17) is 4.74 Å². The number of aryl methyl sites for hydroxylation is 1. The first-order valence-electron chi connectivity index (χ1n) is 9.70. The van der Waals surface area contributed by atoms with Gasteiger partial charge in [-0.1, -0.05) is 25.1 Å². The second-order valence-electron chi connectivity index (χ2n) is 6.91. The molecule has 0 aromatic heterocycles. The Morgan fingerprint density at radius 1 is 0.968 bits per heavy atom. The lowest BCUT2D eigenvalue weighted by molar-refractivity contribution is -0.122. The molecule has 0 fully saturated rings. The first-order valence-corrected chi connectivity index (χ1v) is 11.2. The van der Waals surface area contributed by atoms with Gasteiger partial charge in [0.1, 0.15) is 11.6 Å². The molecule has 0 saturated carbocycles. The predicted octanol–water partition coefficient (Wildman–Crippen LogP) is 4.73. The number of sulfonamides is 1. The monoisotopic (exact) mass is 442 g/mol. The number of anilines is 2. The smallest absolute Gasteiger partial charge is 0.265 e. The van der Waals surface area contributed by atoms with Crippen LogP contribution in [0.1, 0.15) is 18.9 Å². The quantitative estimate of drug-likeness (QED) is 0.528. The molecule has 1 unspecified atom stereocenters. The normalized spacial score (nSPS) is 12.1. The van der Waals surface area contributed by atoms with Crippen LogP contribution in [0.3, 0.4) is 0 Å². The van der Waals surface area contributed by atoms with Gasteiger partial charge in [-0.15, -0.1) is 0 Å². The minimum absolute atomic E-state index is 0.0121. The standard InChI is InChI=1S/C23H23FN2O4S/c1-3-21(30-22-7-5-4-6-16(22)2)23(27)25-18-12-14-20(15-13-18)31(28,29)26-19-10-8-17(24)9-11-19/h4-15,21,26H,3H2,1-2H3,(H,25,27). The summed E-state index contributed by atoms with van der Waals surface area (Å²) in [4.78, 5) is 12.6. The zero-order valence-electron chi connectivity index (χ0n) is 17.1. The SMILES string of the molecule is CCC(Oc1ccccc1C)C(=O)Nc1ccc(S(=O)(=O)Nc2ccc(F)cc2)cc1. The summed E-state index contributed by atoms with van der Waals surface area (Å²) in [7, 11) is -3.85. The van der Waals surface area contributed by atoms with Crippen LogP contribution < -0.4 is 14.8 Å². The molecule has 162 valence electrons. The van der Waals surface area contributed by atoms with Crippen LogP contribution in [0.4, 0.5) is 15.8 Å². The Kier molecular flexibility index (Phi) is 6.91. The summed E-state index contributed by atoms with van der Waals surface area (Å²) in [6.07, 6.45) is -0.224. The molecule has 0 aliphatic rings. The van der Waals surface area contributed by atoms with E-state index in [9.17, 15) is 17.6 Å². The van der Waals surface area contributed by atoms with E-state index in [-0.39, 0.29) is 16.5 Å². The number of hydrogen-bond donors (Lipinski definition) is 2. The Balaban J connectivity index is 1.67. The van der Waals surface area contributed by atoms with Crippen molar-refractivity contribution >= 4 is 27.3 Å². The van der Waals surface area contributed by atoms with Crippen molar-refractivity contribution in [1.29, 1.82) is 0 Å². The zero-order chi connectivity index (χ0) is 22.4. The summed E-state index contributed by atoms with van der Waals surface area (Å²) >= 11 is 0. The second kappa shape index (κ2) is 9.61. The van der Waals surface area contributed by atoms with Crippen molar-refractivity contribution in [2.45, 2.75) is 31.3 Å². The molecule has 31 heavy (non-hydrogen) atoms. The third-order valence-electron chi connectivity index (χ3n) is 4.55. The van der Waals surface area contributed by atoms with Crippen LogP contribution in [0, 0.1) is 12.7 Å². The number of carbonyl (C=O) groups excluding carboxylic acids is 1. The van der Waals surface area contributed by atoms with Crippen LogP contribution in [0.25, 0.3) is 0 Å². The fourth-order valence-corrected chi connectivity index (χ4v) is 3.89.